The standard InChI is InChI=1S/C20H21F3N2O5/c1-11(7-12-9-25(10-12)18(28)19(2,29)20(21,22)23)24-17(27)13-3-4-14-15(26)5-6-30-16(14)8-13/h3-6,8,11-12,29H,7,9-10H2,1-2H3,(H,24,27). The fourth-order valence-electron chi connectivity index (χ4n) is 3.40. The van der Waals surface area contributed by atoms with Gasteiger partial charge in [-0.25, -0.2) is 0 Å². The van der Waals surface area contributed by atoms with E-state index in [1.807, 2.05) is 0 Å². The van der Waals surface area contributed by atoms with Gasteiger partial charge in [-0.1, -0.05) is 0 Å². The maximum absolute atomic E-state index is 12.8. The maximum atomic E-state index is 12.8. The van der Waals surface area contributed by atoms with Gasteiger partial charge in [-0.2, -0.15) is 13.2 Å². The van der Waals surface area contributed by atoms with E-state index in [2.05, 4.69) is 5.32 Å². The highest BCUT2D eigenvalue weighted by Crippen LogP contribution is 2.34. The molecule has 10 heteroatoms. The van der Waals surface area contributed by atoms with Gasteiger partial charge in [0.1, 0.15) is 5.58 Å². The van der Waals surface area contributed by atoms with Crippen molar-refractivity contribution < 1.29 is 32.3 Å². The Bertz CT molecular complexity index is 1030. The minimum atomic E-state index is -5.05. The predicted molar refractivity (Wildman–Crippen MR) is 101 cm³/mol. The molecule has 7 nitrogen and oxygen atoms in total. The largest absolute Gasteiger partial charge is 0.464 e. The number of carbonyl (C=O) groups excluding carboxylic acids is 2. The van der Waals surface area contributed by atoms with Crippen LogP contribution < -0.4 is 10.7 Å². The minimum Gasteiger partial charge on any atom is -0.464 e. The average molecular weight is 426 g/mol. The predicted octanol–water partition coefficient (Wildman–Crippen LogP) is 2.07. The number of fused-ring (bicyclic) bond motifs is 1. The lowest BCUT2D eigenvalue weighted by Crippen LogP contribution is -2.62. The molecule has 0 saturated carbocycles. The van der Waals surface area contributed by atoms with E-state index in [1.54, 1.807) is 6.92 Å². The number of benzene rings is 1. The van der Waals surface area contributed by atoms with Crippen LogP contribution in [0.5, 0.6) is 0 Å². The van der Waals surface area contributed by atoms with Crippen LogP contribution in [-0.2, 0) is 4.79 Å². The maximum Gasteiger partial charge on any atom is 0.426 e. The summed E-state index contributed by atoms with van der Waals surface area (Å²) in [7, 11) is 0. The van der Waals surface area contributed by atoms with Gasteiger partial charge in [-0.3, -0.25) is 14.4 Å². The number of halogens is 3. The van der Waals surface area contributed by atoms with E-state index in [4.69, 9.17) is 4.42 Å². The lowest BCUT2D eigenvalue weighted by atomic mass is 9.90. The number of hydrogen-bond acceptors (Lipinski definition) is 5. The van der Waals surface area contributed by atoms with Crippen molar-refractivity contribution in [1.29, 1.82) is 0 Å². The van der Waals surface area contributed by atoms with E-state index in [0.29, 0.717) is 24.3 Å². The molecule has 30 heavy (non-hydrogen) atoms. The van der Waals surface area contributed by atoms with Crippen LogP contribution in [0, 0.1) is 5.92 Å². The molecule has 2 aromatic rings. The Morgan fingerprint density at radius 3 is 2.60 bits per heavy atom. The Balaban J connectivity index is 1.53. The highest BCUT2D eigenvalue weighted by atomic mass is 19.4. The van der Waals surface area contributed by atoms with Crippen LogP contribution in [0.25, 0.3) is 11.0 Å². The van der Waals surface area contributed by atoms with Crippen molar-refractivity contribution in [2.24, 2.45) is 5.92 Å². The second-order valence-electron chi connectivity index (χ2n) is 7.75. The van der Waals surface area contributed by atoms with Crippen LogP contribution >= 0.6 is 0 Å². The number of aliphatic hydroxyl groups is 1. The van der Waals surface area contributed by atoms with Crippen LogP contribution in [0.3, 0.4) is 0 Å². The number of amides is 2. The minimum absolute atomic E-state index is 0.0758. The molecule has 3 rings (SSSR count). The van der Waals surface area contributed by atoms with Gasteiger partial charge >= 0.3 is 6.18 Å². The van der Waals surface area contributed by atoms with E-state index in [-0.39, 0.29) is 42.0 Å². The third-order valence-electron chi connectivity index (χ3n) is 5.20. The topological polar surface area (TPSA) is 99.9 Å². The molecule has 1 aromatic carbocycles. The molecule has 0 aliphatic carbocycles. The molecule has 1 aliphatic rings. The number of nitrogens with one attached hydrogen (secondary N) is 1. The Kier molecular flexibility index (Phi) is 5.64. The highest BCUT2D eigenvalue weighted by molar-refractivity contribution is 5.97. The van der Waals surface area contributed by atoms with Gasteiger partial charge in [0.2, 0.25) is 5.60 Å². The molecule has 2 heterocycles. The van der Waals surface area contributed by atoms with Gasteiger partial charge in [-0.05, 0) is 44.4 Å². The van der Waals surface area contributed by atoms with Crippen molar-refractivity contribution in [3.8, 4) is 0 Å². The molecule has 2 N–H and O–H groups in total. The lowest BCUT2D eigenvalue weighted by molar-refractivity contribution is -0.252. The van der Waals surface area contributed by atoms with Gasteiger partial charge in [0.25, 0.3) is 11.8 Å². The molecule has 1 fully saturated rings. The molecule has 1 saturated heterocycles. The molecule has 162 valence electrons. The first-order chi connectivity index (χ1) is 13.9. The zero-order valence-corrected chi connectivity index (χ0v) is 16.3. The van der Waals surface area contributed by atoms with E-state index < -0.39 is 17.7 Å². The molecular weight excluding hydrogens is 405 g/mol. The van der Waals surface area contributed by atoms with E-state index in [1.165, 1.54) is 30.5 Å². The van der Waals surface area contributed by atoms with Gasteiger partial charge in [0.05, 0.1) is 11.6 Å². The molecule has 2 unspecified atom stereocenters. The first-order valence-electron chi connectivity index (χ1n) is 9.31. The molecule has 0 radical (unpaired) electrons. The molecule has 2 amide bonds. The fourth-order valence-corrected chi connectivity index (χ4v) is 3.40. The second-order valence-corrected chi connectivity index (χ2v) is 7.75. The van der Waals surface area contributed by atoms with E-state index >= 15 is 0 Å². The Morgan fingerprint density at radius 1 is 1.30 bits per heavy atom. The molecule has 2 atom stereocenters. The molecule has 1 aliphatic heterocycles. The number of likely N-dealkylation sites (tertiary alicyclic amines) is 1. The summed E-state index contributed by atoms with van der Waals surface area (Å²) < 4.78 is 43.5. The summed E-state index contributed by atoms with van der Waals surface area (Å²) in [6, 6.07) is 5.45. The van der Waals surface area contributed by atoms with Crippen molar-refractivity contribution in [1.82, 2.24) is 10.2 Å². The van der Waals surface area contributed by atoms with Crippen LogP contribution in [-0.4, -0.2) is 52.7 Å². The summed E-state index contributed by atoms with van der Waals surface area (Å²) in [5.74, 6) is -1.85. The summed E-state index contributed by atoms with van der Waals surface area (Å²) in [5.41, 5.74) is -3.05. The Labute approximate surface area is 169 Å². The highest BCUT2D eigenvalue weighted by Gasteiger charge is 2.58. The fraction of sp³-hybridized carbons (Fsp3) is 0.450. The zero-order valence-electron chi connectivity index (χ0n) is 16.3. The van der Waals surface area contributed by atoms with Crippen LogP contribution in [0.15, 0.2) is 39.7 Å². The van der Waals surface area contributed by atoms with Crippen molar-refractivity contribution >= 4 is 22.8 Å². The number of rotatable bonds is 5. The Hall–Kier alpha value is -2.88. The van der Waals surface area contributed by atoms with Gasteiger partial charge < -0.3 is 19.7 Å². The number of alkyl halides is 3. The third kappa shape index (κ3) is 4.18. The van der Waals surface area contributed by atoms with Gasteiger partial charge in [-0.15, -0.1) is 0 Å². The molecule has 0 bridgehead atoms. The van der Waals surface area contributed by atoms with Crippen LogP contribution in [0.2, 0.25) is 0 Å². The van der Waals surface area contributed by atoms with Crippen LogP contribution in [0.4, 0.5) is 13.2 Å². The smallest absolute Gasteiger partial charge is 0.426 e. The van der Waals surface area contributed by atoms with Crippen molar-refractivity contribution in [3.63, 3.8) is 0 Å². The second kappa shape index (κ2) is 7.75. The first kappa shape index (κ1) is 21.8. The van der Waals surface area contributed by atoms with Crippen LogP contribution in [0.1, 0.15) is 30.6 Å². The van der Waals surface area contributed by atoms with E-state index in [0.717, 1.165) is 4.90 Å². The van der Waals surface area contributed by atoms with E-state index in [9.17, 15) is 32.7 Å². The summed E-state index contributed by atoms with van der Waals surface area (Å²) in [6.45, 7) is 2.34. The van der Waals surface area contributed by atoms with Crippen molar-refractivity contribution in [2.75, 3.05) is 13.1 Å². The normalized spacial score (nSPS) is 17.9. The van der Waals surface area contributed by atoms with Gasteiger partial charge in [0.15, 0.2) is 5.43 Å². The number of hydrogen-bond donors (Lipinski definition) is 2. The molecule has 0 spiro atoms. The lowest BCUT2D eigenvalue weighted by Gasteiger charge is -2.43. The summed E-state index contributed by atoms with van der Waals surface area (Å²) in [4.78, 5) is 37.0. The van der Waals surface area contributed by atoms with Crippen molar-refractivity contribution in [3.05, 3.63) is 46.3 Å². The summed E-state index contributed by atoms with van der Waals surface area (Å²) in [6.07, 6.45) is -3.35. The Morgan fingerprint density at radius 2 is 1.97 bits per heavy atom. The van der Waals surface area contributed by atoms with Gasteiger partial charge in [0, 0.05) is 30.8 Å². The zero-order chi connectivity index (χ0) is 22.3. The summed E-state index contributed by atoms with van der Waals surface area (Å²) >= 11 is 0. The molecule has 1 aromatic heterocycles. The van der Waals surface area contributed by atoms with Crippen molar-refractivity contribution in [2.45, 2.75) is 38.1 Å². The molecular formula is C20H21F3N2O5. The monoisotopic (exact) mass is 426 g/mol. The first-order valence-corrected chi connectivity index (χ1v) is 9.31. The average Bonchev–Trinajstić information content (AvgIpc) is 2.62. The number of carbonyl (C=O) groups is 2. The SMILES string of the molecule is CC(CC1CN(C(=O)C(C)(O)C(F)(F)F)C1)NC(=O)c1ccc2c(=O)ccoc2c1. The third-order valence-corrected chi connectivity index (χ3v) is 5.20. The summed E-state index contributed by atoms with van der Waals surface area (Å²) in [5, 5.41) is 12.6. The number of nitrogens with zero attached hydrogens (tertiary/aromatic N) is 1. The quantitative estimate of drug-likeness (QED) is 0.763.